The van der Waals surface area contributed by atoms with Gasteiger partial charge >= 0.3 is 0 Å². The van der Waals surface area contributed by atoms with E-state index >= 15 is 0 Å². The fourth-order valence-electron chi connectivity index (χ4n) is 2.82. The third-order valence-electron chi connectivity index (χ3n) is 4.08. The maximum absolute atomic E-state index is 13.4. The molecule has 27 heavy (non-hydrogen) atoms. The van der Waals surface area contributed by atoms with Crippen LogP contribution in [0.4, 0.5) is 4.39 Å². The second-order valence-corrected chi connectivity index (χ2v) is 5.88. The first-order valence-corrected chi connectivity index (χ1v) is 8.53. The van der Waals surface area contributed by atoms with Crippen LogP contribution in [0.25, 0.3) is 11.3 Å². The van der Waals surface area contributed by atoms with Crippen molar-refractivity contribution in [1.82, 2.24) is 5.32 Å². The molecule has 3 heteroatoms. The Labute approximate surface area is 158 Å². The van der Waals surface area contributed by atoms with Gasteiger partial charge in [0.1, 0.15) is 5.82 Å². The first-order valence-electron chi connectivity index (χ1n) is 8.53. The van der Waals surface area contributed by atoms with Crippen LogP contribution < -0.4 is 5.32 Å². The number of benzene rings is 3. The van der Waals surface area contributed by atoms with Gasteiger partial charge in [0.2, 0.25) is 0 Å². The van der Waals surface area contributed by atoms with Crippen molar-refractivity contribution in [2.24, 2.45) is 0 Å². The smallest absolute Gasteiger partial charge is 0.195 e. The average Bonchev–Trinajstić information content (AvgIpc) is 2.73. The Morgan fingerprint density at radius 3 is 1.93 bits per heavy atom. The fourth-order valence-corrected chi connectivity index (χ4v) is 2.82. The summed E-state index contributed by atoms with van der Waals surface area (Å²) < 4.78 is 13.4. The van der Waals surface area contributed by atoms with E-state index in [1.165, 1.54) is 12.1 Å². The lowest BCUT2D eigenvalue weighted by molar-refractivity contribution is 0.105. The van der Waals surface area contributed by atoms with Gasteiger partial charge in [-0.1, -0.05) is 66.6 Å². The Hall–Kier alpha value is -3.64. The van der Waals surface area contributed by atoms with Crippen molar-refractivity contribution in [3.8, 4) is 12.3 Å². The quantitative estimate of drug-likeness (QED) is 0.298. The molecular weight excluding hydrogens is 337 g/mol. The largest absolute Gasteiger partial charge is 0.373 e. The van der Waals surface area contributed by atoms with Crippen LogP contribution in [0, 0.1) is 18.2 Å². The molecule has 0 unspecified atom stereocenters. The lowest BCUT2D eigenvalue weighted by atomic mass is 9.92. The molecule has 0 atom stereocenters. The van der Waals surface area contributed by atoms with Gasteiger partial charge in [-0.3, -0.25) is 4.79 Å². The molecule has 0 heterocycles. The summed E-state index contributed by atoms with van der Waals surface area (Å²) in [7, 11) is 0. The zero-order chi connectivity index (χ0) is 19.1. The number of rotatable bonds is 6. The van der Waals surface area contributed by atoms with Crippen molar-refractivity contribution in [1.29, 1.82) is 0 Å². The van der Waals surface area contributed by atoms with E-state index in [2.05, 4.69) is 11.2 Å². The highest BCUT2D eigenvalue weighted by molar-refractivity contribution is 6.34. The molecule has 0 bridgehead atoms. The lowest BCUT2D eigenvalue weighted by Crippen LogP contribution is -2.18. The molecule has 0 aliphatic heterocycles. The van der Waals surface area contributed by atoms with Crippen LogP contribution in [0.1, 0.15) is 21.5 Å². The molecule has 3 aromatic rings. The summed E-state index contributed by atoms with van der Waals surface area (Å²) in [4.78, 5) is 13.4. The van der Waals surface area contributed by atoms with Gasteiger partial charge in [0.25, 0.3) is 0 Å². The van der Waals surface area contributed by atoms with Crippen LogP contribution in [0.3, 0.4) is 0 Å². The second-order valence-electron chi connectivity index (χ2n) is 5.88. The van der Waals surface area contributed by atoms with E-state index in [-0.39, 0.29) is 18.1 Å². The zero-order valence-electron chi connectivity index (χ0n) is 14.7. The first kappa shape index (κ1) is 18.2. The molecule has 2 nitrogen and oxygen atoms in total. The van der Waals surface area contributed by atoms with Crippen molar-refractivity contribution in [2.45, 2.75) is 0 Å². The molecule has 3 rings (SSSR count). The number of terminal acetylenes is 1. The van der Waals surface area contributed by atoms with Gasteiger partial charge in [0.05, 0.1) is 17.8 Å². The number of hydrogen-bond acceptors (Lipinski definition) is 2. The molecule has 132 valence electrons. The molecule has 0 saturated heterocycles. The van der Waals surface area contributed by atoms with Crippen molar-refractivity contribution < 1.29 is 9.18 Å². The Kier molecular flexibility index (Phi) is 5.81. The Morgan fingerprint density at radius 1 is 0.815 bits per heavy atom. The Bertz CT molecular complexity index is 984. The maximum Gasteiger partial charge on any atom is 0.195 e. The van der Waals surface area contributed by atoms with E-state index in [0.29, 0.717) is 22.4 Å². The molecule has 0 aromatic heterocycles. The van der Waals surface area contributed by atoms with Crippen molar-refractivity contribution >= 4 is 17.1 Å². The highest BCUT2D eigenvalue weighted by Gasteiger charge is 2.20. The predicted molar refractivity (Wildman–Crippen MR) is 107 cm³/mol. The molecule has 3 aromatic carbocycles. The van der Waals surface area contributed by atoms with Crippen LogP contribution in [-0.4, -0.2) is 12.3 Å². The topological polar surface area (TPSA) is 29.1 Å². The number of carbonyl (C=O) groups is 1. The van der Waals surface area contributed by atoms with Gasteiger partial charge in [-0.05, 0) is 35.4 Å². The molecule has 1 N–H and O–H groups in total. The standard InChI is InChI=1S/C24H18FNO/c1-2-17-26-23(19-13-15-21(25)16-14-19)22(18-9-5-3-6-10-18)24(27)20-11-7-4-8-12-20/h1,3-16,26H,17H2/b23-22-. The number of allylic oxidation sites excluding steroid dienone is 1. The van der Waals surface area contributed by atoms with E-state index in [1.54, 1.807) is 24.3 Å². The minimum atomic E-state index is -0.342. The van der Waals surface area contributed by atoms with Crippen molar-refractivity contribution in [3.63, 3.8) is 0 Å². The number of nitrogens with one attached hydrogen (secondary N) is 1. The molecule has 0 amide bonds. The molecule has 0 aliphatic carbocycles. The van der Waals surface area contributed by atoms with Crippen LogP contribution in [0.15, 0.2) is 84.9 Å². The van der Waals surface area contributed by atoms with Crippen LogP contribution in [0.5, 0.6) is 0 Å². The third-order valence-corrected chi connectivity index (χ3v) is 4.08. The molecule has 0 spiro atoms. The summed E-state index contributed by atoms with van der Waals surface area (Å²) in [6, 6.07) is 24.4. The van der Waals surface area contributed by atoms with Crippen LogP contribution in [-0.2, 0) is 0 Å². The summed E-state index contributed by atoms with van der Waals surface area (Å²) in [6.45, 7) is 0.241. The van der Waals surface area contributed by atoms with Gasteiger partial charge in [-0.2, -0.15) is 0 Å². The summed E-state index contributed by atoms with van der Waals surface area (Å²) in [5, 5.41) is 3.15. The molecule has 0 fully saturated rings. The van der Waals surface area contributed by atoms with Gasteiger partial charge < -0.3 is 5.32 Å². The van der Waals surface area contributed by atoms with Gasteiger partial charge in [0.15, 0.2) is 5.78 Å². The van der Waals surface area contributed by atoms with Crippen molar-refractivity contribution in [2.75, 3.05) is 6.54 Å². The summed E-state index contributed by atoms with van der Waals surface area (Å²) in [6.07, 6.45) is 5.43. The third kappa shape index (κ3) is 4.31. The summed E-state index contributed by atoms with van der Waals surface area (Å²) >= 11 is 0. The van der Waals surface area contributed by atoms with Crippen LogP contribution in [0.2, 0.25) is 0 Å². The number of carbonyl (C=O) groups excluding carboxylic acids is 1. The zero-order valence-corrected chi connectivity index (χ0v) is 14.7. The SMILES string of the molecule is C#CCN/C(=C(\C(=O)c1ccccc1)c1ccccc1)c1ccc(F)cc1. The molecule has 0 saturated carbocycles. The first-order chi connectivity index (χ1) is 13.2. The van der Waals surface area contributed by atoms with Crippen LogP contribution >= 0.6 is 0 Å². The second kappa shape index (κ2) is 8.64. The molecule has 0 aliphatic rings. The highest BCUT2D eigenvalue weighted by Crippen LogP contribution is 2.28. The van der Waals surface area contributed by atoms with E-state index in [1.807, 2.05) is 48.5 Å². The Balaban J connectivity index is 2.24. The van der Waals surface area contributed by atoms with Gasteiger partial charge in [-0.15, -0.1) is 6.42 Å². The number of Topliss-reactive ketones (excluding diaryl/α,β-unsaturated/α-hetero) is 1. The summed E-state index contributed by atoms with van der Waals surface area (Å²) in [5.74, 6) is 2.06. The van der Waals surface area contributed by atoms with E-state index in [0.717, 1.165) is 5.56 Å². The predicted octanol–water partition coefficient (Wildman–Crippen LogP) is 4.80. The maximum atomic E-state index is 13.4. The molecule has 0 radical (unpaired) electrons. The highest BCUT2D eigenvalue weighted by atomic mass is 19.1. The fraction of sp³-hybridized carbons (Fsp3) is 0.0417. The Morgan fingerprint density at radius 2 is 1.37 bits per heavy atom. The molecular formula is C24H18FNO. The number of halogens is 1. The minimum absolute atomic E-state index is 0.134. The van der Waals surface area contributed by atoms with E-state index in [9.17, 15) is 9.18 Å². The summed E-state index contributed by atoms with van der Waals surface area (Å²) in [5.41, 5.74) is 3.08. The van der Waals surface area contributed by atoms with Gasteiger partial charge in [-0.25, -0.2) is 4.39 Å². The monoisotopic (exact) mass is 355 g/mol. The number of ketones is 1. The average molecular weight is 355 g/mol. The minimum Gasteiger partial charge on any atom is -0.373 e. The normalized spacial score (nSPS) is 11.3. The van der Waals surface area contributed by atoms with Crippen molar-refractivity contribution in [3.05, 3.63) is 107 Å². The van der Waals surface area contributed by atoms with E-state index < -0.39 is 0 Å². The van der Waals surface area contributed by atoms with Gasteiger partial charge in [0, 0.05) is 5.56 Å². The van der Waals surface area contributed by atoms with E-state index in [4.69, 9.17) is 6.42 Å². The lowest BCUT2D eigenvalue weighted by Gasteiger charge is -2.17. The number of hydrogen-bond donors (Lipinski definition) is 1.